The highest BCUT2D eigenvalue weighted by molar-refractivity contribution is 5.30. The maximum absolute atomic E-state index is 5.61. The zero-order valence-electron chi connectivity index (χ0n) is 10.7. The molecule has 3 N–H and O–H groups in total. The zero-order chi connectivity index (χ0) is 13.0. The summed E-state index contributed by atoms with van der Waals surface area (Å²) in [5.41, 5.74) is 7.57. The van der Waals surface area contributed by atoms with Crippen LogP contribution >= 0.6 is 0 Å². The number of rotatable bonds is 4. The van der Waals surface area contributed by atoms with Crippen LogP contribution in [0.25, 0.3) is 0 Å². The van der Waals surface area contributed by atoms with E-state index in [2.05, 4.69) is 47.4 Å². The smallest absolute Gasteiger partial charge is 0.115 e. The van der Waals surface area contributed by atoms with Crippen LogP contribution < -0.4 is 11.3 Å². The number of nitrogens with two attached hydrogens (primary N) is 1. The number of hydrazine groups is 1. The molecule has 0 bridgehead atoms. The van der Waals surface area contributed by atoms with Crippen LogP contribution in [0.1, 0.15) is 28.4 Å². The maximum Gasteiger partial charge on any atom is 0.115 e. The molecular formula is C14H18N4. The summed E-state index contributed by atoms with van der Waals surface area (Å²) in [5, 5.41) is 0. The van der Waals surface area contributed by atoms with Crippen molar-refractivity contribution in [1.29, 1.82) is 0 Å². The average Bonchev–Trinajstić information content (AvgIpc) is 2.41. The third-order valence-corrected chi connectivity index (χ3v) is 3.17. The highest BCUT2D eigenvalue weighted by Crippen LogP contribution is 2.17. The van der Waals surface area contributed by atoms with E-state index in [1.54, 1.807) is 12.5 Å². The minimum atomic E-state index is 0.00936. The van der Waals surface area contributed by atoms with Crippen LogP contribution in [-0.2, 0) is 6.42 Å². The van der Waals surface area contributed by atoms with Crippen molar-refractivity contribution in [2.24, 2.45) is 5.84 Å². The zero-order valence-corrected chi connectivity index (χ0v) is 10.7. The molecule has 0 spiro atoms. The highest BCUT2D eigenvalue weighted by Gasteiger charge is 2.11. The molecule has 1 aromatic heterocycles. The fourth-order valence-electron chi connectivity index (χ4n) is 1.92. The Hall–Kier alpha value is -1.78. The van der Waals surface area contributed by atoms with Gasteiger partial charge in [-0.1, -0.05) is 18.2 Å². The molecule has 4 heteroatoms. The van der Waals surface area contributed by atoms with Crippen molar-refractivity contribution in [2.45, 2.75) is 26.3 Å². The Bertz CT molecular complexity index is 510. The van der Waals surface area contributed by atoms with Crippen LogP contribution in [0.2, 0.25) is 0 Å². The molecule has 0 fully saturated rings. The lowest BCUT2D eigenvalue weighted by atomic mass is 9.99. The first kappa shape index (κ1) is 12.7. The van der Waals surface area contributed by atoms with Crippen molar-refractivity contribution in [3.05, 3.63) is 59.2 Å². The maximum atomic E-state index is 5.61. The lowest BCUT2D eigenvalue weighted by Crippen LogP contribution is -2.30. The van der Waals surface area contributed by atoms with Gasteiger partial charge in [0.25, 0.3) is 0 Å². The molecule has 0 radical (unpaired) electrons. The molecule has 1 atom stereocenters. The normalized spacial score (nSPS) is 12.4. The number of nitrogens with zero attached hydrogens (tertiary/aromatic N) is 2. The van der Waals surface area contributed by atoms with Gasteiger partial charge in [0.1, 0.15) is 6.33 Å². The number of hydrogen-bond donors (Lipinski definition) is 2. The van der Waals surface area contributed by atoms with Crippen molar-refractivity contribution < 1.29 is 0 Å². The van der Waals surface area contributed by atoms with Crippen molar-refractivity contribution >= 4 is 0 Å². The molecule has 1 heterocycles. The second kappa shape index (κ2) is 5.71. The van der Waals surface area contributed by atoms with Gasteiger partial charge in [0.15, 0.2) is 0 Å². The van der Waals surface area contributed by atoms with E-state index in [1.807, 2.05) is 6.07 Å². The Morgan fingerprint density at radius 3 is 2.67 bits per heavy atom. The van der Waals surface area contributed by atoms with Crippen molar-refractivity contribution in [2.75, 3.05) is 0 Å². The molecule has 0 saturated heterocycles. The minimum absolute atomic E-state index is 0.00936. The first-order chi connectivity index (χ1) is 8.70. The van der Waals surface area contributed by atoms with Gasteiger partial charge >= 0.3 is 0 Å². The molecule has 0 saturated carbocycles. The summed E-state index contributed by atoms with van der Waals surface area (Å²) in [5.74, 6) is 5.61. The SMILES string of the molecule is Cc1ccc(CC(NN)c2ccncn2)cc1C. The molecule has 18 heavy (non-hydrogen) atoms. The predicted octanol–water partition coefficient (Wildman–Crippen LogP) is 1.84. The summed E-state index contributed by atoms with van der Waals surface area (Å²) in [4.78, 5) is 8.15. The van der Waals surface area contributed by atoms with Gasteiger partial charge in [-0.05, 0) is 43.0 Å². The molecule has 1 aromatic carbocycles. The minimum Gasteiger partial charge on any atom is -0.271 e. The Balaban J connectivity index is 2.18. The molecule has 0 amide bonds. The Morgan fingerprint density at radius 2 is 2.06 bits per heavy atom. The Morgan fingerprint density at radius 1 is 1.22 bits per heavy atom. The van der Waals surface area contributed by atoms with E-state index in [0.29, 0.717) is 0 Å². The molecule has 4 nitrogen and oxygen atoms in total. The van der Waals surface area contributed by atoms with E-state index in [9.17, 15) is 0 Å². The number of aromatic nitrogens is 2. The van der Waals surface area contributed by atoms with Gasteiger partial charge in [0.05, 0.1) is 11.7 Å². The van der Waals surface area contributed by atoms with Gasteiger partial charge in [-0.15, -0.1) is 0 Å². The Labute approximate surface area is 107 Å². The van der Waals surface area contributed by atoms with Crippen LogP contribution in [0.5, 0.6) is 0 Å². The summed E-state index contributed by atoms with van der Waals surface area (Å²) in [7, 11) is 0. The monoisotopic (exact) mass is 242 g/mol. The molecule has 94 valence electrons. The van der Waals surface area contributed by atoms with Crippen molar-refractivity contribution in [3.63, 3.8) is 0 Å². The van der Waals surface area contributed by atoms with Crippen molar-refractivity contribution in [3.8, 4) is 0 Å². The van der Waals surface area contributed by atoms with Crippen LogP contribution in [0.3, 0.4) is 0 Å². The van der Waals surface area contributed by atoms with Gasteiger partial charge in [-0.2, -0.15) is 0 Å². The van der Waals surface area contributed by atoms with E-state index in [0.717, 1.165) is 12.1 Å². The van der Waals surface area contributed by atoms with E-state index in [-0.39, 0.29) is 6.04 Å². The largest absolute Gasteiger partial charge is 0.271 e. The Kier molecular flexibility index (Phi) is 4.02. The lowest BCUT2D eigenvalue weighted by molar-refractivity contribution is 0.537. The molecular weight excluding hydrogens is 224 g/mol. The van der Waals surface area contributed by atoms with Crippen LogP contribution in [0.4, 0.5) is 0 Å². The predicted molar refractivity (Wildman–Crippen MR) is 71.7 cm³/mol. The van der Waals surface area contributed by atoms with Gasteiger partial charge in [-0.25, -0.2) is 9.97 Å². The molecule has 2 rings (SSSR count). The summed E-state index contributed by atoms with van der Waals surface area (Å²) >= 11 is 0. The van der Waals surface area contributed by atoms with Gasteiger partial charge in [-0.3, -0.25) is 11.3 Å². The van der Waals surface area contributed by atoms with E-state index in [4.69, 9.17) is 5.84 Å². The van der Waals surface area contributed by atoms with Crippen LogP contribution in [-0.4, -0.2) is 9.97 Å². The van der Waals surface area contributed by atoms with E-state index >= 15 is 0 Å². The summed E-state index contributed by atoms with van der Waals surface area (Å²) in [6, 6.07) is 8.36. The lowest BCUT2D eigenvalue weighted by Gasteiger charge is -2.15. The van der Waals surface area contributed by atoms with Gasteiger partial charge in [0.2, 0.25) is 0 Å². The van der Waals surface area contributed by atoms with Crippen LogP contribution in [0, 0.1) is 13.8 Å². The third kappa shape index (κ3) is 2.91. The second-order valence-corrected chi connectivity index (χ2v) is 4.48. The second-order valence-electron chi connectivity index (χ2n) is 4.48. The number of benzene rings is 1. The van der Waals surface area contributed by atoms with Crippen molar-refractivity contribution in [1.82, 2.24) is 15.4 Å². The van der Waals surface area contributed by atoms with Gasteiger partial charge in [0, 0.05) is 6.20 Å². The first-order valence-electron chi connectivity index (χ1n) is 5.99. The number of aryl methyl sites for hydroxylation is 2. The third-order valence-electron chi connectivity index (χ3n) is 3.17. The number of hydrogen-bond acceptors (Lipinski definition) is 4. The van der Waals surface area contributed by atoms with E-state index < -0.39 is 0 Å². The molecule has 0 aliphatic carbocycles. The molecule has 1 unspecified atom stereocenters. The summed E-state index contributed by atoms with van der Waals surface area (Å²) in [6.07, 6.45) is 4.09. The van der Waals surface area contributed by atoms with E-state index in [1.165, 1.54) is 16.7 Å². The number of nitrogens with one attached hydrogen (secondary N) is 1. The van der Waals surface area contributed by atoms with Crippen LogP contribution in [0.15, 0.2) is 36.8 Å². The topological polar surface area (TPSA) is 63.8 Å². The molecule has 0 aliphatic rings. The van der Waals surface area contributed by atoms with Gasteiger partial charge < -0.3 is 0 Å². The standard InChI is InChI=1S/C14H18N4/c1-10-3-4-12(7-11(10)2)8-14(18-15)13-5-6-16-9-17-13/h3-7,9,14,18H,8,15H2,1-2H3. The average molecular weight is 242 g/mol. The molecule has 2 aromatic rings. The summed E-state index contributed by atoms with van der Waals surface area (Å²) in [6.45, 7) is 4.23. The summed E-state index contributed by atoms with van der Waals surface area (Å²) < 4.78 is 0. The fourth-order valence-corrected chi connectivity index (χ4v) is 1.92. The first-order valence-corrected chi connectivity index (χ1v) is 5.99. The highest BCUT2D eigenvalue weighted by atomic mass is 15.2. The fraction of sp³-hybridized carbons (Fsp3) is 0.286. The quantitative estimate of drug-likeness (QED) is 0.634. The molecule has 0 aliphatic heterocycles.